The van der Waals surface area contributed by atoms with E-state index in [4.69, 9.17) is 0 Å². The maximum absolute atomic E-state index is 2.48. The van der Waals surface area contributed by atoms with Crippen molar-refractivity contribution in [3.63, 3.8) is 0 Å². The third-order valence-electron chi connectivity index (χ3n) is 7.38. The molecule has 2 aliphatic rings. The van der Waals surface area contributed by atoms with E-state index in [1.807, 2.05) is 0 Å². The van der Waals surface area contributed by atoms with Crippen molar-refractivity contribution in [3.8, 4) is 0 Å². The zero-order valence-corrected chi connectivity index (χ0v) is 25.4. The molecule has 0 nitrogen and oxygen atoms in total. The Morgan fingerprint density at radius 2 is 1.60 bits per heavy atom. The van der Waals surface area contributed by atoms with E-state index in [-0.39, 0.29) is 0 Å². The van der Waals surface area contributed by atoms with Crippen LogP contribution in [0.3, 0.4) is 0 Å². The van der Waals surface area contributed by atoms with Crippen LogP contribution in [-0.2, 0) is 6.42 Å². The van der Waals surface area contributed by atoms with Crippen molar-refractivity contribution < 1.29 is 0 Å². The van der Waals surface area contributed by atoms with Crippen LogP contribution < -0.4 is 0 Å². The van der Waals surface area contributed by atoms with Crippen molar-refractivity contribution in [2.75, 3.05) is 4.43 Å². The summed E-state index contributed by atoms with van der Waals surface area (Å²) >= 11 is 2.48. The van der Waals surface area contributed by atoms with Crippen molar-refractivity contribution in [3.05, 3.63) is 178 Å². The highest BCUT2D eigenvalue weighted by Gasteiger charge is 2.19. The van der Waals surface area contributed by atoms with E-state index in [2.05, 4.69) is 176 Å². The molecule has 40 heavy (non-hydrogen) atoms. The van der Waals surface area contributed by atoms with Crippen molar-refractivity contribution in [2.45, 2.75) is 26.7 Å². The molecule has 0 heterocycles. The van der Waals surface area contributed by atoms with Crippen LogP contribution in [0.1, 0.15) is 48.1 Å². The molecule has 0 saturated heterocycles. The minimum atomic E-state index is 0.904. The third kappa shape index (κ3) is 6.54. The molecule has 0 bridgehead atoms. The van der Waals surface area contributed by atoms with Gasteiger partial charge in [0.25, 0.3) is 0 Å². The number of hydrogen-bond donors (Lipinski definition) is 0. The summed E-state index contributed by atoms with van der Waals surface area (Å²) in [5.74, 6) is 0. The molecule has 3 aromatic rings. The van der Waals surface area contributed by atoms with E-state index < -0.39 is 0 Å². The fourth-order valence-electron chi connectivity index (χ4n) is 5.40. The highest BCUT2D eigenvalue weighted by molar-refractivity contribution is 14.1. The molecular formula is C39H35I. The molecule has 0 amide bonds. The minimum Gasteiger partial charge on any atom is -0.0870 e. The Kier molecular flexibility index (Phi) is 9.46. The van der Waals surface area contributed by atoms with Gasteiger partial charge in [0, 0.05) is 4.43 Å². The zero-order valence-electron chi connectivity index (χ0n) is 23.3. The van der Waals surface area contributed by atoms with Crippen LogP contribution in [0.25, 0.3) is 23.3 Å². The summed E-state index contributed by atoms with van der Waals surface area (Å²) in [6.45, 7) is 4.40. The number of benzene rings is 3. The molecule has 0 aromatic heterocycles. The van der Waals surface area contributed by atoms with Gasteiger partial charge in [0.15, 0.2) is 0 Å². The van der Waals surface area contributed by atoms with Gasteiger partial charge in [-0.1, -0.05) is 156 Å². The summed E-state index contributed by atoms with van der Waals surface area (Å²) in [6.07, 6.45) is 24.7. The third-order valence-corrected chi connectivity index (χ3v) is 8.26. The second-order valence-corrected chi connectivity index (χ2v) is 10.9. The lowest BCUT2D eigenvalue weighted by Gasteiger charge is -2.20. The smallest absolute Gasteiger partial charge is 0.0244 e. The fourth-order valence-corrected chi connectivity index (χ4v) is 5.97. The lowest BCUT2D eigenvalue weighted by Crippen LogP contribution is -2.00. The molecule has 0 aliphatic heterocycles. The fraction of sp³-hybridized carbons (Fsp3) is 0.128. The molecular weight excluding hydrogens is 595 g/mol. The van der Waals surface area contributed by atoms with Crippen LogP contribution >= 0.6 is 22.6 Å². The molecule has 198 valence electrons. The average Bonchev–Trinajstić information content (AvgIpc) is 3.21. The van der Waals surface area contributed by atoms with Crippen LogP contribution in [0.15, 0.2) is 150 Å². The molecule has 0 radical (unpaired) electrons. The SMILES string of the molecule is C\C=C/C(=C\c1ccccc1)C1=C(/C)C\C=C(CI)/C=C\C=C(/C2=Cc3ccccc3CC=C2)c2ccccc2\1. The van der Waals surface area contributed by atoms with Gasteiger partial charge in [-0.2, -0.15) is 0 Å². The summed E-state index contributed by atoms with van der Waals surface area (Å²) in [4.78, 5) is 0. The van der Waals surface area contributed by atoms with Gasteiger partial charge >= 0.3 is 0 Å². The Labute approximate surface area is 253 Å². The molecule has 0 atom stereocenters. The van der Waals surface area contributed by atoms with Gasteiger partial charge in [-0.3, -0.25) is 0 Å². The first kappa shape index (κ1) is 27.9. The maximum atomic E-state index is 2.48. The van der Waals surface area contributed by atoms with Crippen molar-refractivity contribution in [1.29, 1.82) is 0 Å². The van der Waals surface area contributed by atoms with Crippen LogP contribution in [0.2, 0.25) is 0 Å². The molecule has 2 aliphatic carbocycles. The van der Waals surface area contributed by atoms with Gasteiger partial charge < -0.3 is 0 Å². The number of halogens is 1. The summed E-state index contributed by atoms with van der Waals surface area (Å²) in [7, 11) is 0. The monoisotopic (exact) mass is 630 g/mol. The Bertz CT molecular complexity index is 1610. The van der Waals surface area contributed by atoms with Gasteiger partial charge in [0.1, 0.15) is 0 Å². The molecule has 1 heteroatoms. The quantitative estimate of drug-likeness (QED) is 0.150. The van der Waals surface area contributed by atoms with Crippen molar-refractivity contribution in [1.82, 2.24) is 0 Å². The number of fused-ring (bicyclic) bond motifs is 2. The van der Waals surface area contributed by atoms with Crippen LogP contribution in [-0.4, -0.2) is 4.43 Å². The predicted molar refractivity (Wildman–Crippen MR) is 184 cm³/mol. The molecule has 0 N–H and O–H groups in total. The summed E-state index contributed by atoms with van der Waals surface area (Å²) in [6, 6.07) is 28.3. The summed E-state index contributed by atoms with van der Waals surface area (Å²) < 4.78 is 0.977. The van der Waals surface area contributed by atoms with Gasteiger partial charge in [-0.05, 0) is 94.5 Å². The highest BCUT2D eigenvalue weighted by atomic mass is 127. The number of alkyl halides is 1. The Balaban J connectivity index is 1.78. The van der Waals surface area contributed by atoms with Crippen molar-refractivity contribution in [2.24, 2.45) is 0 Å². The first-order valence-corrected chi connectivity index (χ1v) is 15.5. The molecule has 0 unspecified atom stereocenters. The molecule has 0 saturated carbocycles. The zero-order chi connectivity index (χ0) is 27.7. The van der Waals surface area contributed by atoms with E-state index in [1.54, 1.807) is 0 Å². The van der Waals surface area contributed by atoms with Gasteiger partial charge in [0.2, 0.25) is 0 Å². The van der Waals surface area contributed by atoms with Gasteiger partial charge in [-0.25, -0.2) is 0 Å². The maximum Gasteiger partial charge on any atom is 0.0244 e. The van der Waals surface area contributed by atoms with Gasteiger partial charge in [-0.15, -0.1) is 0 Å². The Hall–Kier alpha value is -3.69. The van der Waals surface area contributed by atoms with Crippen LogP contribution in [0.5, 0.6) is 0 Å². The van der Waals surface area contributed by atoms with Crippen LogP contribution in [0.4, 0.5) is 0 Å². The van der Waals surface area contributed by atoms with Crippen molar-refractivity contribution >= 4 is 45.9 Å². The van der Waals surface area contributed by atoms with E-state index in [0.717, 1.165) is 17.3 Å². The number of allylic oxidation sites excluding steroid dienone is 14. The molecule has 3 aromatic carbocycles. The highest BCUT2D eigenvalue weighted by Crippen LogP contribution is 2.39. The standard InChI is InChI=1S/C39H35I/c1-3-13-35(26-30-14-5-4-6-15-30)39-29(2)24-25-31(28-40)16-11-23-36(37-21-9-10-22-38(37)39)34-20-12-19-32-17-7-8-18-33(32)27-34/h3-18,20-23,25-27H,19,24,28H2,1-2H3/b13-3-,16-11-,31-25+,35-26+,36-23+,39-29+. The topological polar surface area (TPSA) is 0 Å². The lowest BCUT2D eigenvalue weighted by atomic mass is 9.84. The number of rotatable bonds is 5. The largest absolute Gasteiger partial charge is 0.0870 e. The van der Waals surface area contributed by atoms with E-state index in [1.165, 1.54) is 61.3 Å². The molecule has 5 rings (SSSR count). The number of hydrogen-bond acceptors (Lipinski definition) is 0. The second kappa shape index (κ2) is 13.6. The van der Waals surface area contributed by atoms with E-state index >= 15 is 0 Å². The first-order chi connectivity index (χ1) is 19.7. The predicted octanol–water partition coefficient (Wildman–Crippen LogP) is 11.0. The Morgan fingerprint density at radius 3 is 2.40 bits per heavy atom. The van der Waals surface area contributed by atoms with Gasteiger partial charge in [0.05, 0.1) is 0 Å². The van der Waals surface area contributed by atoms with E-state index in [9.17, 15) is 0 Å². The molecule has 0 spiro atoms. The average molecular weight is 631 g/mol. The lowest BCUT2D eigenvalue weighted by molar-refractivity contribution is 1.19. The molecule has 0 fully saturated rings. The van der Waals surface area contributed by atoms with E-state index in [0.29, 0.717) is 0 Å². The second-order valence-electron chi connectivity index (χ2n) is 10.2. The normalized spacial score (nSPS) is 21.2. The summed E-state index contributed by atoms with van der Waals surface area (Å²) in [5.41, 5.74) is 14.1. The first-order valence-electron chi connectivity index (χ1n) is 14.0. The minimum absolute atomic E-state index is 0.904. The Morgan fingerprint density at radius 1 is 0.850 bits per heavy atom. The van der Waals surface area contributed by atoms with Crippen LogP contribution in [0, 0.1) is 0 Å². The summed E-state index contributed by atoms with van der Waals surface area (Å²) in [5, 5.41) is 0.